The number of fused-ring (bicyclic) bond motifs is 3. The van der Waals surface area contributed by atoms with Gasteiger partial charge in [-0.2, -0.15) is 6.07 Å². The van der Waals surface area contributed by atoms with Crippen molar-refractivity contribution in [1.82, 2.24) is 9.55 Å². The van der Waals surface area contributed by atoms with Gasteiger partial charge < -0.3 is 18.8 Å². The van der Waals surface area contributed by atoms with E-state index in [1.54, 1.807) is 0 Å². The standard InChI is InChI=1S/C44H39BN4O2Si.Pt/c1-29-13-11-14-30(2)42(29)45-49(41-25-31(23-24-46-41)44(3,4)5)36-26-33(19-21-38(36)51-45)50-34-20-22-39-37(27-34)48-28-47(32-15-9-8-10-16-32)35-17-12-18-40(43(35)48)52(39,6)7;/h8-25H,1-7H3;/q-2;. The number of ether oxygens (including phenoxy) is 1. The van der Waals surface area contributed by atoms with E-state index in [9.17, 15) is 0 Å². The molecule has 5 aromatic carbocycles. The summed E-state index contributed by atoms with van der Waals surface area (Å²) < 4.78 is 17.7. The number of nitrogens with zero attached hydrogens (tertiary/aromatic N) is 4. The van der Waals surface area contributed by atoms with E-state index in [1.165, 1.54) is 21.5 Å². The third kappa shape index (κ3) is 5.75. The van der Waals surface area contributed by atoms with Crippen LogP contribution in [0.15, 0.2) is 109 Å². The Hall–Kier alpha value is -4.91. The fraction of sp³-hybridized carbons (Fsp3) is 0.182. The number of benzene rings is 5. The second-order valence-corrected chi connectivity index (χ2v) is 19.8. The van der Waals surface area contributed by atoms with Crippen LogP contribution in [0.25, 0.3) is 22.4 Å². The van der Waals surface area contributed by atoms with Gasteiger partial charge in [0.1, 0.15) is 5.82 Å². The second kappa shape index (κ2) is 12.9. The maximum atomic E-state index is 6.74. The van der Waals surface area contributed by atoms with Crippen molar-refractivity contribution in [1.29, 1.82) is 0 Å². The molecule has 0 N–H and O–H groups in total. The van der Waals surface area contributed by atoms with E-state index in [2.05, 4.69) is 159 Å². The van der Waals surface area contributed by atoms with Crippen LogP contribution in [0.5, 0.6) is 17.2 Å². The van der Waals surface area contributed by atoms with Crippen molar-refractivity contribution in [3.8, 4) is 28.6 Å². The van der Waals surface area contributed by atoms with Gasteiger partial charge >= 0.3 is 7.05 Å². The van der Waals surface area contributed by atoms with Crippen molar-refractivity contribution >= 4 is 53.5 Å². The van der Waals surface area contributed by atoms with Crippen LogP contribution in [0.2, 0.25) is 13.1 Å². The van der Waals surface area contributed by atoms with Gasteiger partial charge in [-0.3, -0.25) is 4.57 Å². The Labute approximate surface area is 327 Å². The number of aryl methyl sites for hydroxylation is 2. The molecule has 9 rings (SSSR count). The smallest absolute Gasteiger partial charge is 0.511 e. The molecule has 0 amide bonds. The Morgan fingerprint density at radius 1 is 0.792 bits per heavy atom. The minimum absolute atomic E-state index is 0. The van der Waals surface area contributed by atoms with Gasteiger partial charge in [0.05, 0.1) is 16.7 Å². The van der Waals surface area contributed by atoms with Gasteiger partial charge in [0, 0.05) is 52.6 Å². The van der Waals surface area contributed by atoms with Gasteiger partial charge in [-0.1, -0.05) is 105 Å². The van der Waals surface area contributed by atoms with Crippen molar-refractivity contribution in [2.45, 2.75) is 53.1 Å². The first-order chi connectivity index (χ1) is 25.0. The average molecular weight is 890 g/mol. The van der Waals surface area contributed by atoms with E-state index in [0.29, 0.717) is 11.5 Å². The van der Waals surface area contributed by atoms with Crippen molar-refractivity contribution in [3.05, 3.63) is 144 Å². The second-order valence-electron chi connectivity index (χ2n) is 15.4. The van der Waals surface area contributed by atoms with Crippen LogP contribution in [0.4, 0.5) is 11.5 Å². The molecule has 9 heteroatoms. The van der Waals surface area contributed by atoms with Crippen molar-refractivity contribution in [2.24, 2.45) is 0 Å². The molecule has 266 valence electrons. The molecular weight excluding hydrogens is 850 g/mol. The Balaban J connectivity index is 0.00000400. The van der Waals surface area contributed by atoms with Gasteiger partial charge in [-0.05, 0) is 65.9 Å². The molecule has 2 aliphatic heterocycles. The molecule has 6 nitrogen and oxygen atoms in total. The van der Waals surface area contributed by atoms with Crippen molar-refractivity contribution in [2.75, 3.05) is 4.81 Å². The van der Waals surface area contributed by atoms with Gasteiger partial charge in [0.15, 0.2) is 0 Å². The van der Waals surface area contributed by atoms with E-state index in [1.807, 2.05) is 30.5 Å². The Kier molecular flexibility index (Phi) is 8.55. The summed E-state index contributed by atoms with van der Waals surface area (Å²) in [7, 11) is -2.48. The summed E-state index contributed by atoms with van der Waals surface area (Å²) in [5.41, 5.74) is 9.74. The van der Waals surface area contributed by atoms with Crippen LogP contribution in [0.1, 0.15) is 37.5 Å². The fourth-order valence-corrected chi connectivity index (χ4v) is 10.7. The van der Waals surface area contributed by atoms with Crippen molar-refractivity contribution in [3.63, 3.8) is 0 Å². The van der Waals surface area contributed by atoms with Crippen LogP contribution in [0.3, 0.4) is 0 Å². The summed E-state index contributed by atoms with van der Waals surface area (Å²) in [5, 5.41) is 2.69. The molecular formula is C44H39BN4O2PtSi-2. The molecule has 2 aliphatic rings. The number of pyridine rings is 1. The maximum Gasteiger partial charge on any atom is 0.511 e. The molecule has 0 aliphatic carbocycles. The van der Waals surface area contributed by atoms with E-state index < -0.39 is 15.1 Å². The van der Waals surface area contributed by atoms with Crippen LogP contribution in [-0.4, -0.2) is 24.7 Å². The van der Waals surface area contributed by atoms with Gasteiger partial charge in [0.25, 0.3) is 6.33 Å². The SMILES string of the molecule is Cc1cccc(C)c1B1Oc2ccc(Oc3[c-]c4c(cc3)[Si](C)(C)c3cccc5c3n-4[c-][n+]5-c3ccccc3)[c-]c2N1c1cc(C(C)(C)C)ccn1.[Pt]. The zero-order valence-corrected chi connectivity index (χ0v) is 34.2. The molecule has 53 heavy (non-hydrogen) atoms. The third-order valence-electron chi connectivity index (χ3n) is 10.6. The number of anilines is 2. The zero-order chi connectivity index (χ0) is 35.9. The summed E-state index contributed by atoms with van der Waals surface area (Å²) in [6.07, 6.45) is 5.55. The third-order valence-corrected chi connectivity index (χ3v) is 14.1. The molecule has 2 aromatic heterocycles. The van der Waals surface area contributed by atoms with Crippen LogP contribution in [-0.2, 0) is 26.5 Å². The Bertz CT molecular complexity index is 2530. The van der Waals surface area contributed by atoms with Gasteiger partial charge in [-0.25, -0.2) is 4.98 Å². The van der Waals surface area contributed by atoms with Gasteiger partial charge in [-0.15, -0.1) is 35.5 Å². The Morgan fingerprint density at radius 3 is 2.23 bits per heavy atom. The molecule has 0 bridgehead atoms. The fourth-order valence-electron chi connectivity index (χ4n) is 7.79. The van der Waals surface area contributed by atoms with Crippen LogP contribution >= 0.6 is 0 Å². The summed E-state index contributed by atoms with van der Waals surface area (Å²) in [5.74, 6) is 2.73. The molecule has 0 spiro atoms. The quantitative estimate of drug-likeness (QED) is 0.102. The zero-order valence-electron chi connectivity index (χ0n) is 30.9. The van der Waals surface area contributed by atoms with E-state index in [0.717, 1.165) is 50.7 Å². The summed E-state index contributed by atoms with van der Waals surface area (Å²) in [4.78, 5) is 7.03. The largest absolute Gasteiger partial charge is 0.599 e. The molecule has 0 unspecified atom stereocenters. The molecule has 0 fully saturated rings. The minimum atomic E-state index is -2.07. The normalized spacial score (nSPS) is 14.0. The summed E-state index contributed by atoms with van der Waals surface area (Å²) >= 11 is 0. The van der Waals surface area contributed by atoms with Crippen molar-refractivity contribution < 1.29 is 35.0 Å². The molecule has 0 saturated heterocycles. The number of hydrogen-bond acceptors (Lipinski definition) is 4. The minimum Gasteiger partial charge on any atom is -0.599 e. The molecule has 0 saturated carbocycles. The molecule has 0 radical (unpaired) electrons. The number of para-hydroxylation sites is 2. The summed E-state index contributed by atoms with van der Waals surface area (Å²) in [6.45, 7) is 15.8. The van der Waals surface area contributed by atoms with Crippen LogP contribution in [0, 0.1) is 32.3 Å². The van der Waals surface area contributed by atoms with Gasteiger partial charge in [0.2, 0.25) is 0 Å². The van der Waals surface area contributed by atoms with E-state index >= 15 is 0 Å². The average Bonchev–Trinajstić information content (AvgIpc) is 3.70. The number of hydrogen-bond donors (Lipinski definition) is 0. The monoisotopic (exact) mass is 889 g/mol. The topological polar surface area (TPSA) is 43.4 Å². The Morgan fingerprint density at radius 2 is 1.49 bits per heavy atom. The number of aromatic nitrogens is 3. The summed E-state index contributed by atoms with van der Waals surface area (Å²) in [6, 6.07) is 43.1. The molecule has 4 heterocycles. The van der Waals surface area contributed by atoms with E-state index in [-0.39, 0.29) is 26.5 Å². The predicted molar refractivity (Wildman–Crippen MR) is 212 cm³/mol. The number of imidazole rings is 1. The number of rotatable bonds is 5. The first-order valence-electron chi connectivity index (χ1n) is 17.8. The van der Waals surface area contributed by atoms with Crippen LogP contribution < -0.4 is 34.6 Å². The van der Waals surface area contributed by atoms with E-state index in [4.69, 9.17) is 14.4 Å². The molecule has 0 atom stereocenters. The molecule has 7 aromatic rings. The maximum absolute atomic E-state index is 6.74. The predicted octanol–water partition coefficient (Wildman–Crippen LogP) is 7.47. The first-order valence-corrected chi connectivity index (χ1v) is 20.8. The first kappa shape index (κ1) is 35.1.